The molecule has 0 aliphatic carbocycles. The second-order valence-electron chi connectivity index (χ2n) is 8.98. The van der Waals surface area contributed by atoms with Crippen molar-refractivity contribution in [3.8, 4) is 0 Å². The minimum Gasteiger partial charge on any atom is -0.381 e. The quantitative estimate of drug-likeness (QED) is 0.509. The molecule has 0 heterocycles. The van der Waals surface area contributed by atoms with Gasteiger partial charge < -0.3 is 16.0 Å². The zero-order valence-electron chi connectivity index (χ0n) is 20.2. The number of aryl methyl sites for hydroxylation is 2. The summed E-state index contributed by atoms with van der Waals surface area (Å²) in [5.41, 5.74) is 13.5. The van der Waals surface area contributed by atoms with E-state index in [-0.39, 0.29) is 0 Å². The van der Waals surface area contributed by atoms with Gasteiger partial charge in [0.2, 0.25) is 0 Å². The van der Waals surface area contributed by atoms with Gasteiger partial charge in [-0.05, 0) is 126 Å². The van der Waals surface area contributed by atoms with Gasteiger partial charge in [0.05, 0.1) is 0 Å². The molecule has 0 saturated carbocycles. The van der Waals surface area contributed by atoms with Crippen LogP contribution in [0.2, 0.25) is 0 Å². The first-order valence-electron chi connectivity index (χ1n) is 10.9. The molecule has 3 heteroatoms. The Hall–Kier alpha value is -2.00. The van der Waals surface area contributed by atoms with Crippen LogP contribution in [0.25, 0.3) is 0 Å². The highest BCUT2D eigenvalue weighted by atomic mass is 15.0. The standard InChI is InChI=1S/C26H41N3/c1-15-11-25(23(9)21(7)19(15)5)28-17(3)13-27-14-18(4)29-26-12-16(2)20(6)22(8)24(26)10/h11-12,17-18,27-29H,13-14H2,1-10H3. The Balaban J connectivity index is 1.89. The van der Waals surface area contributed by atoms with Gasteiger partial charge in [0.15, 0.2) is 0 Å². The largest absolute Gasteiger partial charge is 0.381 e. The molecule has 0 spiro atoms. The smallest absolute Gasteiger partial charge is 0.0377 e. The Morgan fingerprint density at radius 1 is 0.552 bits per heavy atom. The first kappa shape index (κ1) is 23.3. The Labute approximate surface area is 178 Å². The predicted molar refractivity (Wildman–Crippen MR) is 130 cm³/mol. The molecule has 0 bridgehead atoms. The van der Waals surface area contributed by atoms with Crippen molar-refractivity contribution < 1.29 is 0 Å². The normalized spacial score (nSPS) is 13.3. The molecule has 3 nitrogen and oxygen atoms in total. The molecule has 2 unspecified atom stereocenters. The summed E-state index contributed by atoms with van der Waals surface area (Å²) in [4.78, 5) is 0. The highest BCUT2D eigenvalue weighted by Crippen LogP contribution is 2.26. The third-order valence-electron chi connectivity index (χ3n) is 6.67. The Morgan fingerprint density at radius 2 is 0.897 bits per heavy atom. The monoisotopic (exact) mass is 395 g/mol. The first-order valence-corrected chi connectivity index (χ1v) is 10.9. The van der Waals surface area contributed by atoms with Crippen LogP contribution in [0.3, 0.4) is 0 Å². The van der Waals surface area contributed by atoms with Crippen LogP contribution in [0.5, 0.6) is 0 Å². The lowest BCUT2D eigenvalue weighted by molar-refractivity contribution is 0.597. The van der Waals surface area contributed by atoms with Crippen LogP contribution in [-0.2, 0) is 0 Å². The van der Waals surface area contributed by atoms with Gasteiger partial charge in [-0.1, -0.05) is 0 Å². The number of nitrogens with one attached hydrogen (secondary N) is 3. The van der Waals surface area contributed by atoms with Crippen LogP contribution in [0.1, 0.15) is 58.4 Å². The molecule has 0 radical (unpaired) electrons. The van der Waals surface area contributed by atoms with E-state index in [4.69, 9.17) is 0 Å². The van der Waals surface area contributed by atoms with Crippen LogP contribution in [0, 0.1) is 55.4 Å². The fourth-order valence-corrected chi connectivity index (χ4v) is 3.87. The molecule has 3 N–H and O–H groups in total. The van der Waals surface area contributed by atoms with Gasteiger partial charge in [-0.15, -0.1) is 0 Å². The highest BCUT2D eigenvalue weighted by molar-refractivity contribution is 5.60. The summed E-state index contributed by atoms with van der Waals surface area (Å²) >= 11 is 0. The van der Waals surface area contributed by atoms with Crippen molar-refractivity contribution in [2.45, 2.75) is 81.3 Å². The summed E-state index contributed by atoms with van der Waals surface area (Å²) in [6, 6.07) is 5.30. The molecule has 2 rings (SSSR count). The number of hydrogen-bond acceptors (Lipinski definition) is 3. The van der Waals surface area contributed by atoms with Crippen molar-refractivity contribution in [3.05, 3.63) is 56.6 Å². The second kappa shape index (κ2) is 9.67. The van der Waals surface area contributed by atoms with Gasteiger partial charge in [0.25, 0.3) is 0 Å². The van der Waals surface area contributed by atoms with E-state index in [0.29, 0.717) is 12.1 Å². The molecule has 2 atom stereocenters. The van der Waals surface area contributed by atoms with Crippen molar-refractivity contribution in [3.63, 3.8) is 0 Å². The molecule has 0 amide bonds. The van der Waals surface area contributed by atoms with E-state index in [1.807, 2.05) is 0 Å². The van der Waals surface area contributed by atoms with E-state index in [9.17, 15) is 0 Å². The summed E-state index contributed by atoms with van der Waals surface area (Å²) in [6.07, 6.45) is 0. The molecular weight excluding hydrogens is 354 g/mol. The zero-order valence-corrected chi connectivity index (χ0v) is 20.2. The fourth-order valence-electron chi connectivity index (χ4n) is 3.87. The first-order chi connectivity index (χ1) is 13.5. The summed E-state index contributed by atoms with van der Waals surface area (Å²) in [5, 5.41) is 11.0. The molecule has 0 aliphatic heterocycles. The molecule has 2 aromatic rings. The lowest BCUT2D eigenvalue weighted by Crippen LogP contribution is -2.37. The van der Waals surface area contributed by atoms with Crippen LogP contribution in [-0.4, -0.2) is 25.2 Å². The van der Waals surface area contributed by atoms with Crippen molar-refractivity contribution in [1.29, 1.82) is 0 Å². The minimum atomic E-state index is 0.369. The second-order valence-corrected chi connectivity index (χ2v) is 8.98. The van der Waals surface area contributed by atoms with Crippen LogP contribution in [0.4, 0.5) is 11.4 Å². The maximum atomic E-state index is 3.69. The summed E-state index contributed by atoms with van der Waals surface area (Å²) < 4.78 is 0. The Morgan fingerprint density at radius 3 is 1.24 bits per heavy atom. The fraction of sp³-hybridized carbons (Fsp3) is 0.538. The molecule has 0 saturated heterocycles. The zero-order chi connectivity index (χ0) is 21.9. The molecular formula is C26H41N3. The number of rotatable bonds is 8. The van der Waals surface area contributed by atoms with Gasteiger partial charge >= 0.3 is 0 Å². The Bertz CT molecular complexity index is 796. The van der Waals surface area contributed by atoms with Gasteiger partial charge in [-0.2, -0.15) is 0 Å². The Kier molecular flexibility index (Phi) is 7.76. The highest BCUT2D eigenvalue weighted by Gasteiger charge is 2.12. The number of anilines is 2. The third kappa shape index (κ3) is 5.54. The SMILES string of the molecule is Cc1cc(NC(C)CNCC(C)Nc2cc(C)c(C)c(C)c2C)c(C)c(C)c1C. The average Bonchev–Trinajstić information content (AvgIpc) is 2.66. The van der Waals surface area contributed by atoms with E-state index in [2.05, 4.69) is 97.3 Å². The van der Waals surface area contributed by atoms with E-state index < -0.39 is 0 Å². The van der Waals surface area contributed by atoms with E-state index in [0.717, 1.165) is 13.1 Å². The van der Waals surface area contributed by atoms with Gasteiger partial charge in [-0.3, -0.25) is 0 Å². The van der Waals surface area contributed by atoms with E-state index in [1.54, 1.807) is 0 Å². The minimum absolute atomic E-state index is 0.369. The van der Waals surface area contributed by atoms with Crippen molar-refractivity contribution in [2.24, 2.45) is 0 Å². The van der Waals surface area contributed by atoms with Gasteiger partial charge in [0, 0.05) is 36.5 Å². The molecule has 29 heavy (non-hydrogen) atoms. The predicted octanol–water partition coefficient (Wildman–Crippen LogP) is 6.04. The number of hydrogen-bond donors (Lipinski definition) is 3. The molecule has 0 aliphatic rings. The van der Waals surface area contributed by atoms with Crippen molar-refractivity contribution in [1.82, 2.24) is 5.32 Å². The summed E-state index contributed by atoms with van der Waals surface area (Å²) in [6.45, 7) is 24.0. The molecule has 0 aromatic heterocycles. The summed E-state index contributed by atoms with van der Waals surface area (Å²) in [5.74, 6) is 0. The maximum absolute atomic E-state index is 3.69. The van der Waals surface area contributed by atoms with Gasteiger partial charge in [0.1, 0.15) is 0 Å². The van der Waals surface area contributed by atoms with E-state index >= 15 is 0 Å². The lowest BCUT2D eigenvalue weighted by atomic mass is 9.97. The van der Waals surface area contributed by atoms with E-state index in [1.165, 1.54) is 55.9 Å². The third-order valence-corrected chi connectivity index (χ3v) is 6.67. The van der Waals surface area contributed by atoms with Crippen LogP contribution < -0.4 is 16.0 Å². The lowest BCUT2D eigenvalue weighted by Gasteiger charge is -2.23. The topological polar surface area (TPSA) is 36.1 Å². The molecule has 0 fully saturated rings. The van der Waals surface area contributed by atoms with Crippen molar-refractivity contribution >= 4 is 11.4 Å². The van der Waals surface area contributed by atoms with Crippen molar-refractivity contribution in [2.75, 3.05) is 23.7 Å². The van der Waals surface area contributed by atoms with Crippen LogP contribution in [0.15, 0.2) is 12.1 Å². The van der Waals surface area contributed by atoms with Gasteiger partial charge in [-0.25, -0.2) is 0 Å². The average molecular weight is 396 g/mol. The molecule has 2 aromatic carbocycles. The molecule has 160 valence electrons. The van der Waals surface area contributed by atoms with Crippen LogP contribution >= 0.6 is 0 Å². The number of benzene rings is 2. The summed E-state index contributed by atoms with van der Waals surface area (Å²) in [7, 11) is 0. The maximum Gasteiger partial charge on any atom is 0.0377 e.